The summed E-state index contributed by atoms with van der Waals surface area (Å²) in [7, 11) is 0. The summed E-state index contributed by atoms with van der Waals surface area (Å²) in [6.45, 7) is 4.97. The molecule has 114 valence electrons. The molecule has 4 heteroatoms. The number of carbonyl (C=O) groups is 2. The molecule has 0 spiro atoms. The third kappa shape index (κ3) is 2.81. The highest BCUT2D eigenvalue weighted by molar-refractivity contribution is 9.09. The molecule has 0 N–H and O–H groups in total. The molecule has 0 bridgehead atoms. The van der Waals surface area contributed by atoms with Gasteiger partial charge in [-0.25, -0.2) is 0 Å². The molecule has 1 aliphatic carbocycles. The van der Waals surface area contributed by atoms with Gasteiger partial charge >= 0.3 is 0 Å². The van der Waals surface area contributed by atoms with Crippen molar-refractivity contribution >= 4 is 27.7 Å². The molecule has 20 heavy (non-hydrogen) atoms. The largest absolute Gasteiger partial charge is 0.282 e. The van der Waals surface area contributed by atoms with Gasteiger partial charge in [-0.15, -0.1) is 0 Å². The van der Waals surface area contributed by atoms with Gasteiger partial charge in [0.2, 0.25) is 11.8 Å². The van der Waals surface area contributed by atoms with Crippen LogP contribution >= 0.6 is 15.9 Å². The number of alkyl halides is 1. The molecule has 2 unspecified atom stereocenters. The van der Waals surface area contributed by atoms with Crippen molar-refractivity contribution in [2.45, 2.75) is 58.8 Å². The van der Waals surface area contributed by atoms with Crippen LogP contribution in [0.15, 0.2) is 0 Å². The minimum Gasteiger partial charge on any atom is -0.282 e. The maximum absolute atomic E-state index is 12.5. The van der Waals surface area contributed by atoms with Gasteiger partial charge in [0.1, 0.15) is 0 Å². The summed E-state index contributed by atoms with van der Waals surface area (Å²) in [6, 6.07) is 0. The van der Waals surface area contributed by atoms with Crippen LogP contribution in [0.5, 0.6) is 0 Å². The van der Waals surface area contributed by atoms with Crippen LogP contribution in [0.3, 0.4) is 0 Å². The fourth-order valence-electron chi connectivity index (χ4n) is 4.07. The van der Waals surface area contributed by atoms with Crippen molar-refractivity contribution in [2.75, 3.05) is 11.9 Å². The minimum atomic E-state index is -0.00113. The van der Waals surface area contributed by atoms with Gasteiger partial charge in [-0.1, -0.05) is 49.0 Å². The molecule has 0 aromatic carbocycles. The topological polar surface area (TPSA) is 37.4 Å². The van der Waals surface area contributed by atoms with E-state index in [-0.39, 0.29) is 29.1 Å². The lowest BCUT2D eigenvalue weighted by molar-refractivity contribution is -0.142. The molecule has 0 aromatic rings. The standard InChI is InChI=1S/C16H26BrNO2/c1-3-8-16(10-17,9-4-2)11-18-14(19)12-6-5-7-13(12)15(18)20/h12-13H,3-11H2,1-2H3. The molecule has 1 heterocycles. The molecular weight excluding hydrogens is 318 g/mol. The van der Waals surface area contributed by atoms with Crippen LogP contribution in [0, 0.1) is 17.3 Å². The highest BCUT2D eigenvalue weighted by atomic mass is 79.9. The van der Waals surface area contributed by atoms with Crippen molar-refractivity contribution in [3.8, 4) is 0 Å². The highest BCUT2D eigenvalue weighted by Crippen LogP contribution is 2.42. The van der Waals surface area contributed by atoms with Crippen molar-refractivity contribution in [3.63, 3.8) is 0 Å². The molecule has 2 fully saturated rings. The summed E-state index contributed by atoms with van der Waals surface area (Å²) in [5.41, 5.74) is 0.0630. The van der Waals surface area contributed by atoms with E-state index in [0.717, 1.165) is 50.3 Å². The average Bonchev–Trinajstić information content (AvgIpc) is 2.99. The predicted octanol–water partition coefficient (Wildman–Crippen LogP) is 3.75. The Morgan fingerprint density at radius 3 is 2.00 bits per heavy atom. The number of rotatable bonds is 7. The molecule has 1 saturated heterocycles. The van der Waals surface area contributed by atoms with E-state index >= 15 is 0 Å². The van der Waals surface area contributed by atoms with E-state index in [0.29, 0.717) is 6.54 Å². The summed E-state index contributed by atoms with van der Waals surface area (Å²) >= 11 is 3.63. The van der Waals surface area contributed by atoms with Crippen LogP contribution in [-0.4, -0.2) is 28.6 Å². The summed E-state index contributed by atoms with van der Waals surface area (Å²) < 4.78 is 0. The number of halogens is 1. The molecule has 2 atom stereocenters. The van der Waals surface area contributed by atoms with Gasteiger partial charge in [0, 0.05) is 11.9 Å². The molecule has 1 saturated carbocycles. The van der Waals surface area contributed by atoms with Crippen molar-refractivity contribution < 1.29 is 9.59 Å². The third-order valence-electron chi connectivity index (χ3n) is 5.02. The molecule has 1 aliphatic heterocycles. The second-order valence-corrected chi connectivity index (χ2v) is 7.10. The summed E-state index contributed by atoms with van der Waals surface area (Å²) in [5.74, 6) is 0.211. The van der Waals surface area contributed by atoms with Crippen molar-refractivity contribution in [3.05, 3.63) is 0 Å². The van der Waals surface area contributed by atoms with E-state index in [4.69, 9.17) is 0 Å². The van der Waals surface area contributed by atoms with E-state index in [1.165, 1.54) is 0 Å². The van der Waals surface area contributed by atoms with Crippen LogP contribution in [0.2, 0.25) is 0 Å². The maximum Gasteiger partial charge on any atom is 0.233 e. The lowest BCUT2D eigenvalue weighted by atomic mass is 9.80. The van der Waals surface area contributed by atoms with Crippen molar-refractivity contribution in [2.24, 2.45) is 17.3 Å². The first-order valence-corrected chi connectivity index (χ1v) is 9.12. The Morgan fingerprint density at radius 1 is 1.10 bits per heavy atom. The summed E-state index contributed by atoms with van der Waals surface area (Å²) in [5, 5.41) is 0.869. The van der Waals surface area contributed by atoms with Gasteiger partial charge in [0.25, 0.3) is 0 Å². The fourth-order valence-corrected chi connectivity index (χ4v) is 4.81. The van der Waals surface area contributed by atoms with Crippen LogP contribution in [0.4, 0.5) is 0 Å². The Balaban J connectivity index is 2.14. The number of fused-ring (bicyclic) bond motifs is 1. The first-order valence-electron chi connectivity index (χ1n) is 7.99. The zero-order chi connectivity index (χ0) is 14.8. The average molecular weight is 344 g/mol. The Hall–Kier alpha value is -0.380. The molecular formula is C16H26BrNO2. The Labute approximate surface area is 130 Å². The highest BCUT2D eigenvalue weighted by Gasteiger charge is 2.51. The molecule has 2 rings (SSSR count). The predicted molar refractivity (Wildman–Crippen MR) is 83.6 cm³/mol. The Bertz CT molecular complexity index is 355. The SMILES string of the molecule is CCCC(CBr)(CCC)CN1C(=O)C2CCCC2C1=O. The second kappa shape index (κ2) is 6.59. The van der Waals surface area contributed by atoms with Crippen molar-refractivity contribution in [1.29, 1.82) is 0 Å². The molecule has 0 radical (unpaired) electrons. The fraction of sp³-hybridized carbons (Fsp3) is 0.875. The van der Waals surface area contributed by atoms with Crippen LogP contribution in [0.25, 0.3) is 0 Å². The monoisotopic (exact) mass is 343 g/mol. The molecule has 0 aromatic heterocycles. The van der Waals surface area contributed by atoms with Crippen LogP contribution < -0.4 is 0 Å². The Kier molecular flexibility index (Phi) is 5.27. The number of amides is 2. The number of likely N-dealkylation sites (tertiary alicyclic amines) is 1. The lowest BCUT2D eigenvalue weighted by Gasteiger charge is -2.35. The van der Waals surface area contributed by atoms with Gasteiger partial charge in [0.15, 0.2) is 0 Å². The number of carbonyl (C=O) groups excluding carboxylic acids is 2. The minimum absolute atomic E-state index is 0.00113. The normalized spacial score (nSPS) is 26.4. The van der Waals surface area contributed by atoms with Crippen LogP contribution in [-0.2, 0) is 9.59 Å². The van der Waals surface area contributed by atoms with Crippen LogP contribution in [0.1, 0.15) is 58.8 Å². The van der Waals surface area contributed by atoms with E-state index in [1.54, 1.807) is 4.90 Å². The third-order valence-corrected chi connectivity index (χ3v) is 6.21. The number of nitrogens with zero attached hydrogens (tertiary/aromatic N) is 1. The summed E-state index contributed by atoms with van der Waals surface area (Å²) in [4.78, 5) is 26.6. The second-order valence-electron chi connectivity index (χ2n) is 6.54. The smallest absolute Gasteiger partial charge is 0.233 e. The first-order chi connectivity index (χ1) is 9.58. The number of imide groups is 1. The van der Waals surface area contributed by atoms with Gasteiger partial charge in [-0.2, -0.15) is 0 Å². The lowest BCUT2D eigenvalue weighted by Crippen LogP contribution is -2.43. The zero-order valence-electron chi connectivity index (χ0n) is 12.7. The summed E-state index contributed by atoms with van der Waals surface area (Å²) in [6.07, 6.45) is 7.18. The quantitative estimate of drug-likeness (QED) is 0.521. The molecule has 2 aliphatic rings. The molecule has 2 amide bonds. The molecule has 3 nitrogen and oxygen atoms in total. The van der Waals surface area contributed by atoms with Crippen molar-refractivity contribution in [1.82, 2.24) is 4.90 Å². The zero-order valence-corrected chi connectivity index (χ0v) is 14.2. The van der Waals surface area contributed by atoms with E-state index in [9.17, 15) is 9.59 Å². The number of hydrogen-bond acceptors (Lipinski definition) is 2. The van der Waals surface area contributed by atoms with Gasteiger partial charge in [-0.3, -0.25) is 14.5 Å². The maximum atomic E-state index is 12.5. The number of hydrogen-bond donors (Lipinski definition) is 0. The van der Waals surface area contributed by atoms with E-state index < -0.39 is 0 Å². The van der Waals surface area contributed by atoms with Gasteiger partial charge < -0.3 is 0 Å². The van der Waals surface area contributed by atoms with E-state index in [1.807, 2.05) is 0 Å². The van der Waals surface area contributed by atoms with Gasteiger partial charge in [-0.05, 0) is 31.1 Å². The first kappa shape index (κ1) is 16.0. The van der Waals surface area contributed by atoms with Gasteiger partial charge in [0.05, 0.1) is 11.8 Å². The Morgan fingerprint density at radius 2 is 1.60 bits per heavy atom. The van der Waals surface area contributed by atoms with E-state index in [2.05, 4.69) is 29.8 Å².